The number of carbonyl (C=O) groups is 1. The zero-order valence-corrected chi connectivity index (χ0v) is 12.7. The lowest BCUT2D eigenvalue weighted by Crippen LogP contribution is -2.39. The van der Waals surface area contributed by atoms with Gasteiger partial charge >= 0.3 is 0 Å². The summed E-state index contributed by atoms with van der Waals surface area (Å²) >= 11 is 3.19. The standard InChI is InChI=1S/C14H18BrFN2O2/c15-12-6-11(16)3-4-13(12)20-9-14(19)18-8-10-2-1-5-17-7-10/h3-4,6,10,17H,1-2,5,7-9H2,(H,18,19). The van der Waals surface area contributed by atoms with Gasteiger partial charge in [-0.3, -0.25) is 4.79 Å². The molecule has 2 rings (SSSR count). The average molecular weight is 345 g/mol. The molecule has 2 N–H and O–H groups in total. The molecule has 4 nitrogen and oxygen atoms in total. The summed E-state index contributed by atoms with van der Waals surface area (Å²) in [7, 11) is 0. The van der Waals surface area contributed by atoms with Crippen LogP contribution in [0.4, 0.5) is 4.39 Å². The summed E-state index contributed by atoms with van der Waals surface area (Å²) in [5.41, 5.74) is 0. The van der Waals surface area contributed by atoms with E-state index >= 15 is 0 Å². The quantitative estimate of drug-likeness (QED) is 0.859. The molecule has 1 heterocycles. The number of nitrogens with one attached hydrogen (secondary N) is 2. The Labute approximate surface area is 126 Å². The molecular weight excluding hydrogens is 327 g/mol. The number of piperidine rings is 1. The summed E-state index contributed by atoms with van der Waals surface area (Å²) in [6.45, 7) is 2.61. The Hall–Kier alpha value is -1.14. The number of ether oxygens (including phenoxy) is 1. The second kappa shape index (κ2) is 7.59. The van der Waals surface area contributed by atoms with E-state index in [2.05, 4.69) is 26.6 Å². The van der Waals surface area contributed by atoms with Gasteiger partial charge in [0.2, 0.25) is 0 Å². The molecular formula is C14H18BrFN2O2. The van der Waals surface area contributed by atoms with Crippen molar-refractivity contribution in [2.45, 2.75) is 12.8 Å². The van der Waals surface area contributed by atoms with Gasteiger partial charge in [-0.15, -0.1) is 0 Å². The zero-order valence-electron chi connectivity index (χ0n) is 11.1. The van der Waals surface area contributed by atoms with E-state index in [-0.39, 0.29) is 18.3 Å². The molecule has 1 aromatic rings. The van der Waals surface area contributed by atoms with Crippen molar-refractivity contribution in [3.05, 3.63) is 28.5 Å². The minimum absolute atomic E-state index is 0.0651. The molecule has 1 unspecified atom stereocenters. The van der Waals surface area contributed by atoms with Crippen molar-refractivity contribution < 1.29 is 13.9 Å². The molecule has 0 bridgehead atoms. The van der Waals surface area contributed by atoms with Crippen molar-refractivity contribution >= 4 is 21.8 Å². The number of amides is 1. The van der Waals surface area contributed by atoms with E-state index in [1.807, 2.05) is 0 Å². The number of hydrogen-bond donors (Lipinski definition) is 2. The fourth-order valence-corrected chi connectivity index (χ4v) is 2.61. The van der Waals surface area contributed by atoms with Gasteiger partial charge in [0.15, 0.2) is 6.61 Å². The number of rotatable bonds is 5. The molecule has 110 valence electrons. The van der Waals surface area contributed by atoms with Crippen LogP contribution in [0, 0.1) is 11.7 Å². The van der Waals surface area contributed by atoms with Crippen LogP contribution >= 0.6 is 15.9 Å². The fourth-order valence-electron chi connectivity index (χ4n) is 2.14. The molecule has 1 aliphatic rings. The Morgan fingerprint density at radius 3 is 3.10 bits per heavy atom. The zero-order chi connectivity index (χ0) is 14.4. The molecule has 1 aromatic carbocycles. The number of halogens is 2. The van der Waals surface area contributed by atoms with Crippen LogP contribution < -0.4 is 15.4 Å². The second-order valence-electron chi connectivity index (χ2n) is 4.88. The summed E-state index contributed by atoms with van der Waals surface area (Å²) in [5.74, 6) is 0.441. The third kappa shape index (κ3) is 4.76. The molecule has 0 radical (unpaired) electrons. The molecule has 6 heteroatoms. The van der Waals surface area contributed by atoms with Gasteiger partial charge in [0, 0.05) is 6.54 Å². The Morgan fingerprint density at radius 2 is 2.40 bits per heavy atom. The molecule has 0 aromatic heterocycles. The molecule has 0 saturated carbocycles. The van der Waals surface area contributed by atoms with Crippen LogP contribution in [0.3, 0.4) is 0 Å². The Balaban J connectivity index is 1.71. The third-order valence-electron chi connectivity index (χ3n) is 3.24. The lowest BCUT2D eigenvalue weighted by molar-refractivity contribution is -0.123. The first kappa shape index (κ1) is 15.3. The van der Waals surface area contributed by atoms with Gasteiger partial charge < -0.3 is 15.4 Å². The van der Waals surface area contributed by atoms with Crippen molar-refractivity contribution in [1.29, 1.82) is 0 Å². The molecule has 1 amide bonds. The Bertz CT molecular complexity index is 464. The van der Waals surface area contributed by atoms with E-state index in [4.69, 9.17) is 4.74 Å². The summed E-state index contributed by atoms with van der Waals surface area (Å²) in [6.07, 6.45) is 2.29. The van der Waals surface area contributed by atoms with Crippen molar-refractivity contribution in [3.8, 4) is 5.75 Å². The van der Waals surface area contributed by atoms with Gasteiger partial charge in [-0.05, 0) is 66.0 Å². The lowest BCUT2D eigenvalue weighted by atomic mass is 10.00. The monoisotopic (exact) mass is 344 g/mol. The van der Waals surface area contributed by atoms with Crippen molar-refractivity contribution in [2.75, 3.05) is 26.2 Å². The van der Waals surface area contributed by atoms with E-state index in [0.29, 0.717) is 22.7 Å². The fraction of sp³-hybridized carbons (Fsp3) is 0.500. The van der Waals surface area contributed by atoms with Gasteiger partial charge in [0.05, 0.1) is 4.47 Å². The first-order chi connectivity index (χ1) is 9.65. The molecule has 1 saturated heterocycles. The van der Waals surface area contributed by atoms with Crippen molar-refractivity contribution in [1.82, 2.24) is 10.6 Å². The molecule has 1 fully saturated rings. The molecule has 1 aliphatic heterocycles. The molecule has 0 spiro atoms. The molecule has 1 atom stereocenters. The predicted octanol–water partition coefficient (Wildman–Crippen LogP) is 2.08. The van der Waals surface area contributed by atoms with Gasteiger partial charge in [0.25, 0.3) is 5.91 Å². The van der Waals surface area contributed by atoms with Crippen LogP contribution in [-0.2, 0) is 4.79 Å². The van der Waals surface area contributed by atoms with Crippen molar-refractivity contribution in [2.24, 2.45) is 5.92 Å². The summed E-state index contributed by atoms with van der Waals surface area (Å²) in [4.78, 5) is 11.7. The smallest absolute Gasteiger partial charge is 0.257 e. The predicted molar refractivity (Wildman–Crippen MR) is 78.2 cm³/mol. The number of hydrogen-bond acceptors (Lipinski definition) is 3. The van der Waals surface area contributed by atoms with E-state index in [1.165, 1.54) is 18.2 Å². The largest absolute Gasteiger partial charge is 0.483 e. The SMILES string of the molecule is O=C(COc1ccc(F)cc1Br)NCC1CCCNC1. The topological polar surface area (TPSA) is 50.4 Å². The summed E-state index contributed by atoms with van der Waals surface area (Å²) < 4.78 is 18.8. The normalized spacial score (nSPS) is 18.6. The maximum Gasteiger partial charge on any atom is 0.257 e. The van der Waals surface area contributed by atoms with Gasteiger partial charge in [0.1, 0.15) is 11.6 Å². The van der Waals surface area contributed by atoms with E-state index in [9.17, 15) is 9.18 Å². The Morgan fingerprint density at radius 1 is 1.55 bits per heavy atom. The summed E-state index contributed by atoms with van der Waals surface area (Å²) in [6, 6.07) is 4.10. The first-order valence-electron chi connectivity index (χ1n) is 6.70. The average Bonchev–Trinajstić information content (AvgIpc) is 2.45. The number of benzene rings is 1. The highest BCUT2D eigenvalue weighted by Gasteiger charge is 2.14. The van der Waals surface area contributed by atoms with Crippen LogP contribution in [0.1, 0.15) is 12.8 Å². The highest BCUT2D eigenvalue weighted by molar-refractivity contribution is 9.10. The van der Waals surface area contributed by atoms with Crippen molar-refractivity contribution in [3.63, 3.8) is 0 Å². The van der Waals surface area contributed by atoms with Crippen LogP contribution in [0.15, 0.2) is 22.7 Å². The third-order valence-corrected chi connectivity index (χ3v) is 3.86. The first-order valence-corrected chi connectivity index (χ1v) is 7.49. The number of carbonyl (C=O) groups excluding carboxylic acids is 1. The van der Waals surface area contributed by atoms with E-state index < -0.39 is 0 Å². The van der Waals surface area contributed by atoms with E-state index in [1.54, 1.807) is 0 Å². The maximum absolute atomic E-state index is 12.9. The minimum Gasteiger partial charge on any atom is -0.483 e. The van der Waals surface area contributed by atoms with Crippen LogP contribution in [0.2, 0.25) is 0 Å². The van der Waals surface area contributed by atoms with Gasteiger partial charge in [-0.25, -0.2) is 4.39 Å². The van der Waals surface area contributed by atoms with E-state index in [0.717, 1.165) is 25.9 Å². The van der Waals surface area contributed by atoms with Crippen LogP contribution in [0.25, 0.3) is 0 Å². The van der Waals surface area contributed by atoms with Crippen LogP contribution in [-0.4, -0.2) is 32.1 Å². The molecule has 0 aliphatic carbocycles. The minimum atomic E-state index is -0.349. The highest BCUT2D eigenvalue weighted by atomic mass is 79.9. The maximum atomic E-state index is 12.9. The second-order valence-corrected chi connectivity index (χ2v) is 5.73. The lowest BCUT2D eigenvalue weighted by Gasteiger charge is -2.22. The molecule has 20 heavy (non-hydrogen) atoms. The van der Waals surface area contributed by atoms with Crippen LogP contribution in [0.5, 0.6) is 5.75 Å². The van der Waals surface area contributed by atoms with Gasteiger partial charge in [-0.2, -0.15) is 0 Å². The summed E-state index contributed by atoms with van der Waals surface area (Å²) in [5, 5.41) is 6.17. The highest BCUT2D eigenvalue weighted by Crippen LogP contribution is 2.25. The Kier molecular flexibility index (Phi) is 5.79. The van der Waals surface area contributed by atoms with Gasteiger partial charge in [-0.1, -0.05) is 0 Å².